The summed E-state index contributed by atoms with van der Waals surface area (Å²) < 4.78 is 20.7. The molecule has 0 N–H and O–H groups in total. The van der Waals surface area contributed by atoms with Crippen LogP contribution in [0.15, 0.2) is 71.2 Å². The number of hydrogen-bond acceptors (Lipinski definition) is 6. The number of fused-ring (bicyclic) bond motifs is 1. The molecule has 3 aromatic rings. The molecule has 4 rings (SSSR count). The number of para-hydroxylation sites is 1. The average molecular weight is 485 g/mol. The van der Waals surface area contributed by atoms with Crippen LogP contribution < -0.4 is 9.64 Å². The Morgan fingerprint density at radius 1 is 1.27 bits per heavy atom. The number of hydrogen-bond donors (Lipinski definition) is 0. The van der Waals surface area contributed by atoms with Crippen molar-refractivity contribution in [2.24, 2.45) is 0 Å². The number of thioether (sulfide) groups is 2. The van der Waals surface area contributed by atoms with Crippen LogP contribution in [0.5, 0.6) is 5.75 Å². The highest BCUT2D eigenvalue weighted by Crippen LogP contribution is 2.37. The van der Waals surface area contributed by atoms with Gasteiger partial charge in [0.1, 0.15) is 18.2 Å². The van der Waals surface area contributed by atoms with E-state index in [0.717, 1.165) is 17.0 Å². The minimum Gasteiger partial charge on any atom is -0.486 e. The number of carbonyl (C=O) groups excluding carboxylic acids is 1. The Bertz CT molecular complexity index is 1120. The van der Waals surface area contributed by atoms with Gasteiger partial charge in [-0.1, -0.05) is 36.9 Å². The molecule has 1 atom stereocenters. The van der Waals surface area contributed by atoms with Crippen LogP contribution in [0.25, 0.3) is 0 Å². The van der Waals surface area contributed by atoms with Crippen molar-refractivity contribution < 1.29 is 13.9 Å². The molecular weight excluding hydrogens is 459 g/mol. The van der Waals surface area contributed by atoms with E-state index in [1.807, 2.05) is 39.4 Å². The summed E-state index contributed by atoms with van der Waals surface area (Å²) in [5.74, 6) is 1.13. The summed E-state index contributed by atoms with van der Waals surface area (Å²) in [6.45, 7) is 7.37. The maximum Gasteiger partial charge on any atom is 0.237 e. The fourth-order valence-corrected chi connectivity index (χ4v) is 5.43. The predicted molar refractivity (Wildman–Crippen MR) is 130 cm³/mol. The maximum absolute atomic E-state index is 13.2. The molecule has 1 aromatic heterocycles. The summed E-state index contributed by atoms with van der Waals surface area (Å²) in [6, 6.07) is 13.9. The second-order valence-electron chi connectivity index (χ2n) is 7.56. The quantitative estimate of drug-likeness (QED) is 0.324. The molecule has 1 amide bonds. The Morgan fingerprint density at radius 3 is 2.85 bits per heavy atom. The second-order valence-corrected chi connectivity index (χ2v) is 9.98. The van der Waals surface area contributed by atoms with Crippen LogP contribution in [0.3, 0.4) is 0 Å². The summed E-state index contributed by atoms with van der Waals surface area (Å²) >= 11 is 3.17. The molecule has 1 aliphatic rings. The molecule has 9 heteroatoms. The van der Waals surface area contributed by atoms with Gasteiger partial charge in [-0.25, -0.2) is 4.39 Å². The first kappa shape index (κ1) is 23.4. The van der Waals surface area contributed by atoms with Crippen LogP contribution in [-0.2, 0) is 17.9 Å². The lowest BCUT2D eigenvalue weighted by Crippen LogP contribution is -2.33. The number of benzene rings is 2. The Balaban J connectivity index is 1.44. The zero-order valence-electron chi connectivity index (χ0n) is 18.3. The molecule has 0 spiro atoms. The predicted octanol–water partition coefficient (Wildman–Crippen LogP) is 5.19. The third-order valence-corrected chi connectivity index (χ3v) is 7.34. The highest BCUT2D eigenvalue weighted by Gasteiger charge is 2.25. The fourth-order valence-electron chi connectivity index (χ4n) is 3.47. The smallest absolute Gasteiger partial charge is 0.237 e. The number of carbonyl (C=O) groups is 1. The molecule has 33 heavy (non-hydrogen) atoms. The molecule has 1 unspecified atom stereocenters. The topological polar surface area (TPSA) is 60.2 Å². The van der Waals surface area contributed by atoms with Crippen molar-refractivity contribution in [1.82, 2.24) is 14.8 Å². The maximum atomic E-state index is 13.2. The molecule has 0 bridgehead atoms. The number of ether oxygens (including phenoxy) is 1. The lowest BCUT2D eigenvalue weighted by atomic mass is 10.2. The minimum atomic E-state index is -0.319. The summed E-state index contributed by atoms with van der Waals surface area (Å²) in [7, 11) is 0. The van der Waals surface area contributed by atoms with Gasteiger partial charge in [0.25, 0.3) is 0 Å². The van der Waals surface area contributed by atoms with Gasteiger partial charge in [-0.05, 0) is 42.8 Å². The Hall–Kier alpha value is -2.78. The zero-order valence-corrected chi connectivity index (χ0v) is 19.9. The van der Waals surface area contributed by atoms with Crippen LogP contribution in [0, 0.1) is 5.82 Å². The number of allylic oxidation sites excluding steroid dienone is 1. The minimum absolute atomic E-state index is 0.0411. The Kier molecular flexibility index (Phi) is 7.72. The van der Waals surface area contributed by atoms with E-state index < -0.39 is 0 Å². The van der Waals surface area contributed by atoms with E-state index in [0.29, 0.717) is 35.1 Å². The normalized spacial score (nSPS) is 15.6. The third-order valence-electron chi connectivity index (χ3n) is 5.16. The summed E-state index contributed by atoms with van der Waals surface area (Å²) in [5.41, 5.74) is 0.971. The summed E-state index contributed by atoms with van der Waals surface area (Å²) in [6.07, 6.45) is 2.69. The Labute approximate surface area is 201 Å². The molecule has 172 valence electrons. The van der Waals surface area contributed by atoms with E-state index in [1.165, 1.54) is 23.9 Å². The van der Waals surface area contributed by atoms with Crippen molar-refractivity contribution in [3.05, 3.63) is 72.8 Å². The van der Waals surface area contributed by atoms with Gasteiger partial charge in [-0.15, -0.1) is 28.5 Å². The largest absolute Gasteiger partial charge is 0.486 e. The monoisotopic (exact) mass is 484 g/mol. The van der Waals surface area contributed by atoms with Gasteiger partial charge in [-0.3, -0.25) is 9.36 Å². The number of anilines is 1. The number of amides is 1. The SMILES string of the molecule is C=CCn1c(COc2ccc(F)cc2)nnc1SCC(=O)N1CCC(C)Sc2ccccc21. The van der Waals surface area contributed by atoms with Crippen LogP contribution in [-0.4, -0.2) is 38.2 Å². The van der Waals surface area contributed by atoms with Crippen LogP contribution in [0.4, 0.5) is 10.1 Å². The van der Waals surface area contributed by atoms with E-state index in [-0.39, 0.29) is 24.1 Å². The van der Waals surface area contributed by atoms with Gasteiger partial charge in [0.15, 0.2) is 11.0 Å². The number of aromatic nitrogens is 3. The zero-order chi connectivity index (χ0) is 23.2. The van der Waals surface area contributed by atoms with E-state index in [9.17, 15) is 9.18 Å². The van der Waals surface area contributed by atoms with Crippen LogP contribution >= 0.6 is 23.5 Å². The molecule has 0 radical (unpaired) electrons. The van der Waals surface area contributed by atoms with Crippen molar-refractivity contribution in [3.8, 4) is 5.75 Å². The lowest BCUT2D eigenvalue weighted by Gasteiger charge is -2.22. The molecule has 1 aliphatic heterocycles. The first-order valence-electron chi connectivity index (χ1n) is 10.7. The molecule has 0 fully saturated rings. The van der Waals surface area contributed by atoms with Crippen LogP contribution in [0.2, 0.25) is 0 Å². The van der Waals surface area contributed by atoms with Gasteiger partial charge in [-0.2, -0.15) is 0 Å². The molecule has 0 aliphatic carbocycles. The van der Waals surface area contributed by atoms with Crippen molar-refractivity contribution in [3.63, 3.8) is 0 Å². The molecule has 0 saturated heterocycles. The lowest BCUT2D eigenvalue weighted by molar-refractivity contribution is -0.116. The van der Waals surface area contributed by atoms with Gasteiger partial charge in [0.05, 0.1) is 11.4 Å². The van der Waals surface area contributed by atoms with Crippen LogP contribution in [0.1, 0.15) is 19.2 Å². The third kappa shape index (κ3) is 5.78. The number of nitrogens with zero attached hydrogens (tertiary/aromatic N) is 4. The number of rotatable bonds is 8. The van der Waals surface area contributed by atoms with Gasteiger partial charge < -0.3 is 9.64 Å². The Morgan fingerprint density at radius 2 is 2.06 bits per heavy atom. The molecular formula is C24H25FN4O2S2. The first-order valence-corrected chi connectivity index (χ1v) is 12.5. The standard InChI is InChI=1S/C24H25FN4O2S2/c1-3-13-29-22(15-31-19-10-8-18(25)9-11-19)26-27-24(29)32-16-23(30)28-14-12-17(2)33-21-7-5-4-6-20(21)28/h3-11,17H,1,12-16H2,2H3. The van der Waals surface area contributed by atoms with E-state index in [2.05, 4.69) is 29.8 Å². The van der Waals surface area contributed by atoms with Gasteiger partial charge >= 0.3 is 0 Å². The molecule has 6 nitrogen and oxygen atoms in total. The fraction of sp³-hybridized carbons (Fsp3) is 0.292. The first-order chi connectivity index (χ1) is 16.0. The highest BCUT2D eigenvalue weighted by atomic mass is 32.2. The molecule has 2 heterocycles. The molecule has 0 saturated carbocycles. The van der Waals surface area contributed by atoms with E-state index >= 15 is 0 Å². The number of halogens is 1. The average Bonchev–Trinajstić information content (AvgIpc) is 3.10. The van der Waals surface area contributed by atoms with Crippen molar-refractivity contribution >= 4 is 35.1 Å². The van der Waals surface area contributed by atoms with Gasteiger partial charge in [0, 0.05) is 23.2 Å². The summed E-state index contributed by atoms with van der Waals surface area (Å²) in [4.78, 5) is 16.2. The summed E-state index contributed by atoms with van der Waals surface area (Å²) in [5, 5.41) is 9.59. The van der Waals surface area contributed by atoms with Crippen molar-refractivity contribution in [2.75, 3.05) is 17.2 Å². The van der Waals surface area contributed by atoms with Crippen molar-refractivity contribution in [2.45, 2.75) is 41.8 Å². The van der Waals surface area contributed by atoms with Crippen molar-refractivity contribution in [1.29, 1.82) is 0 Å². The highest BCUT2D eigenvalue weighted by molar-refractivity contribution is 8.00. The van der Waals surface area contributed by atoms with Gasteiger partial charge in [0.2, 0.25) is 5.91 Å². The second kappa shape index (κ2) is 10.9. The van der Waals surface area contributed by atoms with E-state index in [4.69, 9.17) is 4.74 Å². The van der Waals surface area contributed by atoms with E-state index in [1.54, 1.807) is 18.2 Å². The molecule has 2 aromatic carbocycles.